The van der Waals surface area contributed by atoms with Crippen LogP contribution < -0.4 is 20.1 Å². The number of hydrogen-bond acceptors (Lipinski definition) is 6. The molecule has 0 saturated carbocycles. The highest BCUT2D eigenvalue weighted by Crippen LogP contribution is 2.25. The van der Waals surface area contributed by atoms with Gasteiger partial charge in [0, 0.05) is 44.0 Å². The van der Waals surface area contributed by atoms with E-state index in [2.05, 4.69) is 20.4 Å². The maximum atomic E-state index is 12.4. The van der Waals surface area contributed by atoms with E-state index >= 15 is 0 Å². The Morgan fingerprint density at radius 3 is 2.15 bits per heavy atom. The van der Waals surface area contributed by atoms with Crippen molar-refractivity contribution < 1.29 is 19.1 Å². The Labute approximate surface area is 202 Å². The summed E-state index contributed by atoms with van der Waals surface area (Å²) in [5.74, 6) is 1.29. The molecular formula is C26H36N4O4. The second-order valence-corrected chi connectivity index (χ2v) is 8.83. The largest absolute Gasteiger partial charge is 0.497 e. The van der Waals surface area contributed by atoms with Crippen molar-refractivity contribution in [1.29, 1.82) is 0 Å². The number of anilines is 1. The number of methoxy groups -OCH3 is 2. The molecular weight excluding hydrogens is 432 g/mol. The Kier molecular flexibility index (Phi) is 8.90. The van der Waals surface area contributed by atoms with Gasteiger partial charge in [0.1, 0.15) is 11.5 Å². The Hall–Kier alpha value is -3.10. The second kappa shape index (κ2) is 11.9. The lowest BCUT2D eigenvalue weighted by atomic mass is 10.1. The maximum absolute atomic E-state index is 12.4. The summed E-state index contributed by atoms with van der Waals surface area (Å²) in [6, 6.07) is 9.88. The number of piperazine rings is 1. The zero-order valence-corrected chi connectivity index (χ0v) is 20.9. The molecule has 1 fully saturated rings. The average molecular weight is 469 g/mol. The Balaban J connectivity index is 1.41. The van der Waals surface area contributed by atoms with Gasteiger partial charge < -0.3 is 20.1 Å². The number of aryl methyl sites for hydroxylation is 3. The molecule has 2 aromatic rings. The summed E-state index contributed by atoms with van der Waals surface area (Å²) >= 11 is 0. The minimum atomic E-state index is -0.222. The molecule has 0 radical (unpaired) electrons. The maximum Gasteiger partial charge on any atom is 0.243 e. The fraction of sp³-hybridized carbons (Fsp3) is 0.462. The zero-order chi connectivity index (χ0) is 24.7. The van der Waals surface area contributed by atoms with Crippen LogP contribution in [0.3, 0.4) is 0 Å². The van der Waals surface area contributed by atoms with Crippen LogP contribution in [0.1, 0.15) is 22.3 Å². The first-order valence-corrected chi connectivity index (χ1v) is 11.6. The molecule has 1 heterocycles. The molecule has 0 bridgehead atoms. The molecule has 0 aromatic heterocycles. The lowest BCUT2D eigenvalue weighted by molar-refractivity contribution is -0.125. The van der Waals surface area contributed by atoms with Gasteiger partial charge in [0.15, 0.2) is 0 Å². The molecule has 2 amide bonds. The van der Waals surface area contributed by atoms with Crippen LogP contribution >= 0.6 is 0 Å². The summed E-state index contributed by atoms with van der Waals surface area (Å²) in [7, 11) is 3.33. The molecule has 0 unspecified atom stereocenters. The van der Waals surface area contributed by atoms with E-state index in [0.717, 1.165) is 72.2 Å². The summed E-state index contributed by atoms with van der Waals surface area (Å²) in [5.41, 5.74) is 5.08. The van der Waals surface area contributed by atoms with E-state index in [4.69, 9.17) is 9.47 Å². The highest BCUT2D eigenvalue weighted by Gasteiger charge is 2.20. The molecule has 8 nitrogen and oxygen atoms in total. The lowest BCUT2D eigenvalue weighted by Gasteiger charge is -2.34. The number of nitrogens with one attached hydrogen (secondary N) is 2. The standard InChI is InChI=1S/C26H36N4O4/c1-18-12-19(2)26(20(3)13-18)28-24(31)15-27-25(32)17-30-10-8-29(9-11-30)16-21-14-22(33-4)6-7-23(21)34-5/h6-7,12-14H,8-11,15-17H2,1-5H3,(H,27,32)(H,28,31). The predicted octanol–water partition coefficient (Wildman–Crippen LogP) is 2.50. The van der Waals surface area contributed by atoms with Crippen molar-refractivity contribution in [2.24, 2.45) is 0 Å². The number of rotatable bonds is 9. The normalized spacial score (nSPS) is 14.5. The van der Waals surface area contributed by atoms with Crippen LogP contribution in [0.4, 0.5) is 5.69 Å². The number of benzene rings is 2. The van der Waals surface area contributed by atoms with Crippen molar-refractivity contribution in [2.75, 3.05) is 58.8 Å². The molecule has 1 saturated heterocycles. The van der Waals surface area contributed by atoms with Gasteiger partial charge in [-0.1, -0.05) is 17.7 Å². The highest BCUT2D eigenvalue weighted by atomic mass is 16.5. The van der Waals surface area contributed by atoms with Gasteiger partial charge in [-0.3, -0.25) is 19.4 Å². The molecule has 0 aliphatic carbocycles. The molecule has 1 aliphatic rings. The van der Waals surface area contributed by atoms with Crippen LogP contribution in [0.5, 0.6) is 11.5 Å². The minimum absolute atomic E-state index is 0.0405. The van der Waals surface area contributed by atoms with Crippen LogP contribution in [0.15, 0.2) is 30.3 Å². The van der Waals surface area contributed by atoms with Crippen molar-refractivity contribution in [3.63, 3.8) is 0 Å². The number of ether oxygens (including phenoxy) is 2. The third kappa shape index (κ3) is 6.95. The van der Waals surface area contributed by atoms with Crippen LogP contribution in [-0.2, 0) is 16.1 Å². The van der Waals surface area contributed by atoms with Crippen molar-refractivity contribution in [2.45, 2.75) is 27.3 Å². The number of hydrogen-bond donors (Lipinski definition) is 2. The van der Waals surface area contributed by atoms with Gasteiger partial charge in [-0.05, 0) is 50.1 Å². The lowest BCUT2D eigenvalue weighted by Crippen LogP contribution is -2.49. The monoisotopic (exact) mass is 468 g/mol. The topological polar surface area (TPSA) is 83.1 Å². The Morgan fingerprint density at radius 1 is 0.882 bits per heavy atom. The summed E-state index contributed by atoms with van der Waals surface area (Å²) in [6.45, 7) is 10.2. The second-order valence-electron chi connectivity index (χ2n) is 8.83. The molecule has 8 heteroatoms. The number of carbonyl (C=O) groups excluding carboxylic acids is 2. The van der Waals surface area contributed by atoms with E-state index in [1.165, 1.54) is 0 Å². The van der Waals surface area contributed by atoms with Gasteiger partial charge in [0.2, 0.25) is 11.8 Å². The third-order valence-corrected chi connectivity index (χ3v) is 6.10. The smallest absolute Gasteiger partial charge is 0.243 e. The van der Waals surface area contributed by atoms with Crippen molar-refractivity contribution >= 4 is 17.5 Å². The molecule has 2 aromatic carbocycles. The average Bonchev–Trinajstić information content (AvgIpc) is 2.81. The van der Waals surface area contributed by atoms with E-state index in [1.807, 2.05) is 51.1 Å². The molecule has 0 spiro atoms. The quantitative estimate of drug-likeness (QED) is 0.589. The van der Waals surface area contributed by atoms with Crippen LogP contribution in [0.2, 0.25) is 0 Å². The van der Waals surface area contributed by atoms with Crippen LogP contribution in [-0.4, -0.2) is 75.1 Å². The fourth-order valence-corrected chi connectivity index (χ4v) is 4.35. The van der Waals surface area contributed by atoms with Gasteiger partial charge in [0.25, 0.3) is 0 Å². The summed E-state index contributed by atoms with van der Waals surface area (Å²) in [5, 5.41) is 5.66. The van der Waals surface area contributed by atoms with Gasteiger partial charge in [-0.2, -0.15) is 0 Å². The third-order valence-electron chi connectivity index (χ3n) is 6.10. The van der Waals surface area contributed by atoms with Crippen molar-refractivity contribution in [1.82, 2.24) is 15.1 Å². The van der Waals surface area contributed by atoms with E-state index in [0.29, 0.717) is 0 Å². The highest BCUT2D eigenvalue weighted by molar-refractivity contribution is 5.96. The van der Waals surface area contributed by atoms with Gasteiger partial charge in [-0.25, -0.2) is 0 Å². The van der Waals surface area contributed by atoms with Gasteiger partial charge >= 0.3 is 0 Å². The first kappa shape index (κ1) is 25.5. The van der Waals surface area contributed by atoms with Crippen LogP contribution in [0, 0.1) is 20.8 Å². The van der Waals surface area contributed by atoms with E-state index in [-0.39, 0.29) is 24.9 Å². The van der Waals surface area contributed by atoms with Crippen molar-refractivity contribution in [3.8, 4) is 11.5 Å². The first-order valence-electron chi connectivity index (χ1n) is 11.6. The minimum Gasteiger partial charge on any atom is -0.497 e. The van der Waals surface area contributed by atoms with E-state index < -0.39 is 0 Å². The zero-order valence-electron chi connectivity index (χ0n) is 20.9. The van der Waals surface area contributed by atoms with Crippen molar-refractivity contribution in [3.05, 3.63) is 52.6 Å². The predicted molar refractivity (Wildman–Crippen MR) is 134 cm³/mol. The molecule has 0 atom stereocenters. The molecule has 184 valence electrons. The summed E-state index contributed by atoms with van der Waals surface area (Å²) in [4.78, 5) is 29.2. The van der Waals surface area contributed by atoms with E-state index in [1.54, 1.807) is 14.2 Å². The number of carbonyl (C=O) groups is 2. The summed E-state index contributed by atoms with van der Waals surface area (Å²) < 4.78 is 10.8. The number of amides is 2. The first-order chi connectivity index (χ1) is 16.3. The molecule has 1 aliphatic heterocycles. The SMILES string of the molecule is COc1ccc(OC)c(CN2CCN(CC(=O)NCC(=O)Nc3c(C)cc(C)cc3C)CC2)c1. The van der Waals surface area contributed by atoms with Gasteiger partial charge in [0.05, 0.1) is 27.3 Å². The molecule has 3 rings (SSSR count). The molecule has 2 N–H and O–H groups in total. The number of nitrogens with zero attached hydrogens (tertiary/aromatic N) is 2. The molecule has 34 heavy (non-hydrogen) atoms. The summed E-state index contributed by atoms with van der Waals surface area (Å²) in [6.07, 6.45) is 0. The van der Waals surface area contributed by atoms with Gasteiger partial charge in [-0.15, -0.1) is 0 Å². The van der Waals surface area contributed by atoms with Crippen LogP contribution in [0.25, 0.3) is 0 Å². The van der Waals surface area contributed by atoms with E-state index in [9.17, 15) is 9.59 Å². The Morgan fingerprint density at radius 2 is 1.53 bits per heavy atom. The fourth-order valence-electron chi connectivity index (χ4n) is 4.35. The Bertz CT molecular complexity index is 993.